The number of aryl methyl sites for hydroxylation is 2. The predicted molar refractivity (Wildman–Crippen MR) is 107 cm³/mol. The summed E-state index contributed by atoms with van der Waals surface area (Å²) in [6, 6.07) is 14.4. The Morgan fingerprint density at radius 1 is 1.00 bits per heavy atom. The lowest BCUT2D eigenvalue weighted by Crippen LogP contribution is -2.29. The Morgan fingerprint density at radius 3 is 2.35 bits per heavy atom. The molecular weight excluding hydrogens is 320 g/mol. The molecule has 26 heavy (non-hydrogen) atoms. The molecule has 0 saturated carbocycles. The van der Waals surface area contributed by atoms with Crippen molar-refractivity contribution in [3.8, 4) is 0 Å². The molecule has 2 aromatic rings. The van der Waals surface area contributed by atoms with Crippen LogP contribution in [0.25, 0.3) is 0 Å². The van der Waals surface area contributed by atoms with Gasteiger partial charge in [-0.2, -0.15) is 0 Å². The van der Waals surface area contributed by atoms with Crippen LogP contribution in [-0.4, -0.2) is 23.9 Å². The Kier molecular flexibility index (Phi) is 6.10. The second-order valence-corrected chi connectivity index (χ2v) is 7.57. The smallest absolute Gasteiger partial charge is 0.251 e. The van der Waals surface area contributed by atoms with E-state index in [9.17, 15) is 4.79 Å². The van der Waals surface area contributed by atoms with Crippen LogP contribution >= 0.6 is 0 Å². The number of carbonyl (C=O) groups is 1. The third kappa shape index (κ3) is 4.73. The van der Waals surface area contributed by atoms with E-state index < -0.39 is 0 Å². The van der Waals surface area contributed by atoms with Crippen LogP contribution < -0.4 is 5.32 Å². The Hall–Kier alpha value is -2.13. The molecule has 1 aliphatic rings. The van der Waals surface area contributed by atoms with E-state index in [0.717, 1.165) is 17.7 Å². The second kappa shape index (κ2) is 8.50. The fraction of sp³-hybridized carbons (Fsp3) is 0.435. The zero-order valence-electron chi connectivity index (χ0n) is 16.2. The standard InChI is InChI=1S/C23H30N2O/c1-17-7-10-22(15-18(17)2)19(3)24-23(26)21-11-8-20(9-12-21)16-25-13-5-4-6-14-25/h7-12,15,19H,4-6,13-14,16H2,1-3H3,(H,24,26). The maximum absolute atomic E-state index is 12.6. The van der Waals surface area contributed by atoms with Crippen LogP contribution in [0.3, 0.4) is 0 Å². The summed E-state index contributed by atoms with van der Waals surface area (Å²) in [5, 5.41) is 3.11. The molecule has 138 valence electrons. The number of nitrogens with one attached hydrogen (secondary N) is 1. The molecule has 1 unspecified atom stereocenters. The number of nitrogens with zero attached hydrogens (tertiary/aromatic N) is 1. The molecule has 1 atom stereocenters. The van der Waals surface area contributed by atoms with Crippen LogP contribution in [0.2, 0.25) is 0 Å². The highest BCUT2D eigenvalue weighted by molar-refractivity contribution is 5.94. The highest BCUT2D eigenvalue weighted by atomic mass is 16.1. The topological polar surface area (TPSA) is 32.3 Å². The largest absolute Gasteiger partial charge is 0.346 e. The van der Waals surface area contributed by atoms with Crippen molar-refractivity contribution in [1.29, 1.82) is 0 Å². The summed E-state index contributed by atoms with van der Waals surface area (Å²) in [5.41, 5.74) is 5.68. The van der Waals surface area contributed by atoms with E-state index >= 15 is 0 Å². The molecular formula is C23H30N2O. The number of hydrogen-bond acceptors (Lipinski definition) is 2. The van der Waals surface area contributed by atoms with Gasteiger partial charge in [0.05, 0.1) is 6.04 Å². The normalized spacial score (nSPS) is 16.3. The van der Waals surface area contributed by atoms with Crippen LogP contribution in [-0.2, 0) is 6.54 Å². The Morgan fingerprint density at radius 2 is 1.69 bits per heavy atom. The summed E-state index contributed by atoms with van der Waals surface area (Å²) < 4.78 is 0. The van der Waals surface area contributed by atoms with Gasteiger partial charge in [-0.15, -0.1) is 0 Å². The monoisotopic (exact) mass is 350 g/mol. The molecule has 0 aliphatic carbocycles. The van der Waals surface area contributed by atoms with E-state index in [2.05, 4.69) is 54.4 Å². The van der Waals surface area contributed by atoms with Crippen LogP contribution in [0, 0.1) is 13.8 Å². The van der Waals surface area contributed by atoms with Crippen LogP contribution in [0.1, 0.15) is 64.8 Å². The maximum Gasteiger partial charge on any atom is 0.251 e. The molecule has 1 heterocycles. The summed E-state index contributed by atoms with van der Waals surface area (Å²) in [6.45, 7) is 9.61. The summed E-state index contributed by atoms with van der Waals surface area (Å²) in [7, 11) is 0. The van der Waals surface area contributed by atoms with Crippen molar-refractivity contribution in [2.45, 2.75) is 52.6 Å². The molecule has 0 bridgehead atoms. The van der Waals surface area contributed by atoms with Crippen molar-refractivity contribution in [1.82, 2.24) is 10.2 Å². The van der Waals surface area contributed by atoms with Gasteiger partial charge >= 0.3 is 0 Å². The number of carbonyl (C=O) groups excluding carboxylic acids is 1. The van der Waals surface area contributed by atoms with E-state index in [-0.39, 0.29) is 11.9 Å². The average molecular weight is 351 g/mol. The Bertz CT molecular complexity index is 745. The van der Waals surface area contributed by atoms with Crippen molar-refractivity contribution in [3.05, 3.63) is 70.3 Å². The lowest BCUT2D eigenvalue weighted by molar-refractivity contribution is 0.0940. The number of benzene rings is 2. The van der Waals surface area contributed by atoms with Crippen molar-refractivity contribution in [2.24, 2.45) is 0 Å². The lowest BCUT2D eigenvalue weighted by Gasteiger charge is -2.26. The molecule has 1 fully saturated rings. The van der Waals surface area contributed by atoms with Gasteiger partial charge < -0.3 is 5.32 Å². The second-order valence-electron chi connectivity index (χ2n) is 7.57. The third-order valence-electron chi connectivity index (χ3n) is 5.45. The lowest BCUT2D eigenvalue weighted by atomic mass is 10.0. The molecule has 2 aromatic carbocycles. The van der Waals surface area contributed by atoms with Gasteiger partial charge in [0, 0.05) is 12.1 Å². The van der Waals surface area contributed by atoms with E-state index in [1.54, 1.807) is 0 Å². The zero-order chi connectivity index (χ0) is 18.5. The summed E-state index contributed by atoms with van der Waals surface area (Å²) in [5.74, 6) is -0.0137. The fourth-order valence-electron chi connectivity index (χ4n) is 3.53. The Labute approximate surface area is 157 Å². The quantitative estimate of drug-likeness (QED) is 0.841. The first-order valence-electron chi connectivity index (χ1n) is 9.72. The van der Waals surface area contributed by atoms with Crippen molar-refractivity contribution in [2.75, 3.05) is 13.1 Å². The molecule has 3 heteroatoms. The first-order chi connectivity index (χ1) is 12.5. The number of rotatable bonds is 5. The van der Waals surface area contributed by atoms with Crippen molar-refractivity contribution < 1.29 is 4.79 Å². The first-order valence-corrected chi connectivity index (χ1v) is 9.72. The highest BCUT2D eigenvalue weighted by Gasteiger charge is 2.13. The molecule has 0 aromatic heterocycles. The number of amides is 1. The van der Waals surface area contributed by atoms with Gasteiger partial charge in [0.25, 0.3) is 5.91 Å². The maximum atomic E-state index is 12.6. The SMILES string of the molecule is Cc1ccc(C(C)NC(=O)c2ccc(CN3CCCCC3)cc2)cc1C. The average Bonchev–Trinajstić information content (AvgIpc) is 2.65. The summed E-state index contributed by atoms with van der Waals surface area (Å²) >= 11 is 0. The molecule has 1 amide bonds. The molecule has 3 rings (SSSR count). The van der Waals surface area contributed by atoms with Gasteiger partial charge in [-0.1, -0.05) is 36.8 Å². The van der Waals surface area contributed by atoms with Gasteiger partial charge in [-0.05, 0) is 81.1 Å². The summed E-state index contributed by atoms with van der Waals surface area (Å²) in [4.78, 5) is 15.1. The van der Waals surface area contributed by atoms with Gasteiger partial charge in [0.1, 0.15) is 0 Å². The van der Waals surface area contributed by atoms with Crippen molar-refractivity contribution in [3.63, 3.8) is 0 Å². The Balaban J connectivity index is 1.59. The molecule has 1 aliphatic heterocycles. The van der Waals surface area contributed by atoms with Gasteiger partial charge in [-0.3, -0.25) is 9.69 Å². The number of hydrogen-bond donors (Lipinski definition) is 1. The van der Waals surface area contributed by atoms with E-state index in [4.69, 9.17) is 0 Å². The van der Waals surface area contributed by atoms with Crippen molar-refractivity contribution >= 4 is 5.91 Å². The van der Waals surface area contributed by atoms with Gasteiger partial charge in [-0.25, -0.2) is 0 Å². The minimum absolute atomic E-state index is 0.00479. The molecule has 0 radical (unpaired) electrons. The van der Waals surface area contributed by atoms with Crippen LogP contribution in [0.5, 0.6) is 0 Å². The first kappa shape index (κ1) is 18.7. The molecule has 3 nitrogen and oxygen atoms in total. The van der Waals surface area contributed by atoms with Crippen LogP contribution in [0.15, 0.2) is 42.5 Å². The molecule has 1 N–H and O–H groups in total. The van der Waals surface area contributed by atoms with Gasteiger partial charge in [0.15, 0.2) is 0 Å². The zero-order valence-corrected chi connectivity index (χ0v) is 16.2. The molecule has 0 spiro atoms. The number of piperidine rings is 1. The minimum atomic E-state index is -0.0137. The predicted octanol–water partition coefficient (Wildman–Crippen LogP) is 4.78. The van der Waals surface area contributed by atoms with Crippen LogP contribution in [0.4, 0.5) is 0 Å². The third-order valence-corrected chi connectivity index (χ3v) is 5.45. The van der Waals surface area contributed by atoms with E-state index in [1.165, 1.54) is 49.0 Å². The summed E-state index contributed by atoms with van der Waals surface area (Å²) in [6.07, 6.45) is 3.96. The number of likely N-dealkylation sites (tertiary alicyclic amines) is 1. The van der Waals surface area contributed by atoms with E-state index in [1.807, 2.05) is 19.1 Å². The highest BCUT2D eigenvalue weighted by Crippen LogP contribution is 2.18. The minimum Gasteiger partial charge on any atom is -0.346 e. The van der Waals surface area contributed by atoms with E-state index in [0.29, 0.717) is 0 Å². The van der Waals surface area contributed by atoms with Gasteiger partial charge in [0.2, 0.25) is 0 Å². The molecule has 1 saturated heterocycles. The fourth-order valence-corrected chi connectivity index (χ4v) is 3.53.